The van der Waals surface area contributed by atoms with Crippen molar-refractivity contribution in [2.24, 2.45) is 11.3 Å². The normalized spacial score (nSPS) is 16.4. The van der Waals surface area contributed by atoms with Crippen molar-refractivity contribution < 1.29 is 18.0 Å². The number of alkyl halides is 3. The number of nitrogen functional groups attached to an aromatic ring is 1. The van der Waals surface area contributed by atoms with Crippen LogP contribution in [0, 0.1) is 5.41 Å². The molecule has 0 atom stereocenters. The number of anilines is 1. The molecule has 4 nitrogen and oxygen atoms in total. The molecule has 1 aliphatic carbocycles. The van der Waals surface area contributed by atoms with Crippen LogP contribution in [-0.4, -0.2) is 12.5 Å². The Morgan fingerprint density at radius 3 is 2.52 bits per heavy atom. The van der Waals surface area contributed by atoms with Crippen LogP contribution < -0.4 is 16.6 Å². The van der Waals surface area contributed by atoms with Crippen LogP contribution in [0.2, 0.25) is 0 Å². The first-order valence-corrected chi connectivity index (χ1v) is 6.77. The van der Waals surface area contributed by atoms with E-state index in [1.165, 1.54) is 0 Å². The molecule has 0 bridgehead atoms. The summed E-state index contributed by atoms with van der Waals surface area (Å²) in [6, 6.07) is 2.86. The number of benzene rings is 1. The van der Waals surface area contributed by atoms with Gasteiger partial charge in [0.15, 0.2) is 0 Å². The van der Waals surface area contributed by atoms with E-state index in [4.69, 9.17) is 5.84 Å². The number of rotatable bonds is 5. The second kappa shape index (κ2) is 5.55. The molecule has 1 fully saturated rings. The van der Waals surface area contributed by atoms with Gasteiger partial charge in [0.2, 0.25) is 0 Å². The third kappa shape index (κ3) is 3.47. The number of nitrogens with one attached hydrogen (secondary N) is 2. The summed E-state index contributed by atoms with van der Waals surface area (Å²) >= 11 is 0. The Morgan fingerprint density at radius 2 is 2.05 bits per heavy atom. The Labute approximate surface area is 120 Å². The molecule has 0 heterocycles. The molecule has 1 aromatic carbocycles. The van der Waals surface area contributed by atoms with Gasteiger partial charge in [0, 0.05) is 6.54 Å². The predicted octanol–water partition coefficient (Wildman–Crippen LogP) is 2.91. The van der Waals surface area contributed by atoms with E-state index in [2.05, 4.69) is 10.7 Å². The maximum atomic E-state index is 12.7. The van der Waals surface area contributed by atoms with Crippen molar-refractivity contribution in [3.05, 3.63) is 29.3 Å². The second-order valence-electron chi connectivity index (χ2n) is 5.44. The SMILES string of the molecule is CCC1(CNC(=O)c2cc(C(F)(F)F)ccc2NN)CC1. The van der Waals surface area contributed by atoms with E-state index in [1.54, 1.807) is 0 Å². The molecule has 1 saturated carbocycles. The smallest absolute Gasteiger partial charge is 0.351 e. The predicted molar refractivity (Wildman–Crippen MR) is 73.5 cm³/mol. The highest BCUT2D eigenvalue weighted by Crippen LogP contribution is 2.47. The summed E-state index contributed by atoms with van der Waals surface area (Å²) in [5.74, 6) is 4.71. The van der Waals surface area contributed by atoms with Crippen molar-refractivity contribution in [2.45, 2.75) is 32.4 Å². The van der Waals surface area contributed by atoms with E-state index in [9.17, 15) is 18.0 Å². The summed E-state index contributed by atoms with van der Waals surface area (Å²) in [5, 5.41) is 2.70. The monoisotopic (exact) mass is 301 g/mol. The first-order chi connectivity index (χ1) is 9.81. The molecular weight excluding hydrogens is 283 g/mol. The Hall–Kier alpha value is -1.76. The third-order valence-electron chi connectivity index (χ3n) is 4.08. The van der Waals surface area contributed by atoms with Crippen molar-refractivity contribution in [1.29, 1.82) is 0 Å². The Balaban J connectivity index is 2.18. The number of carbonyl (C=O) groups is 1. The van der Waals surface area contributed by atoms with Gasteiger partial charge in [-0.25, -0.2) is 0 Å². The lowest BCUT2D eigenvalue weighted by atomic mass is 10.0. The lowest BCUT2D eigenvalue weighted by Crippen LogP contribution is -2.31. The molecule has 21 heavy (non-hydrogen) atoms. The fourth-order valence-corrected chi connectivity index (χ4v) is 2.23. The zero-order chi connectivity index (χ0) is 15.7. The van der Waals surface area contributed by atoms with Gasteiger partial charge in [-0.2, -0.15) is 13.2 Å². The summed E-state index contributed by atoms with van der Waals surface area (Å²) in [4.78, 5) is 12.1. The average Bonchev–Trinajstić information content (AvgIpc) is 3.23. The van der Waals surface area contributed by atoms with Crippen LogP contribution in [0.15, 0.2) is 18.2 Å². The van der Waals surface area contributed by atoms with Crippen LogP contribution in [0.25, 0.3) is 0 Å². The van der Waals surface area contributed by atoms with Crippen LogP contribution in [0.3, 0.4) is 0 Å². The average molecular weight is 301 g/mol. The maximum Gasteiger partial charge on any atom is 0.416 e. The molecule has 1 aromatic rings. The van der Waals surface area contributed by atoms with Crippen LogP contribution >= 0.6 is 0 Å². The molecule has 0 saturated heterocycles. The van der Waals surface area contributed by atoms with E-state index in [-0.39, 0.29) is 16.7 Å². The largest absolute Gasteiger partial charge is 0.416 e. The highest BCUT2D eigenvalue weighted by molar-refractivity contribution is 5.99. The van der Waals surface area contributed by atoms with Crippen molar-refractivity contribution in [1.82, 2.24) is 5.32 Å². The van der Waals surface area contributed by atoms with Crippen LogP contribution in [0.1, 0.15) is 42.1 Å². The first-order valence-electron chi connectivity index (χ1n) is 6.77. The molecule has 7 heteroatoms. The minimum Gasteiger partial charge on any atom is -0.351 e. The van der Waals surface area contributed by atoms with Gasteiger partial charge in [-0.05, 0) is 42.9 Å². The van der Waals surface area contributed by atoms with E-state index >= 15 is 0 Å². The van der Waals surface area contributed by atoms with Crippen molar-refractivity contribution in [3.63, 3.8) is 0 Å². The van der Waals surface area contributed by atoms with Crippen molar-refractivity contribution in [3.8, 4) is 0 Å². The Kier molecular flexibility index (Phi) is 4.13. The van der Waals surface area contributed by atoms with Crippen molar-refractivity contribution >= 4 is 11.6 Å². The van der Waals surface area contributed by atoms with Crippen molar-refractivity contribution in [2.75, 3.05) is 12.0 Å². The number of carbonyl (C=O) groups excluding carboxylic acids is 1. The second-order valence-corrected chi connectivity index (χ2v) is 5.44. The first kappa shape index (κ1) is 15.6. The quantitative estimate of drug-likeness (QED) is 0.578. The van der Waals surface area contributed by atoms with Gasteiger partial charge in [0.25, 0.3) is 5.91 Å². The molecule has 0 spiro atoms. The van der Waals surface area contributed by atoms with E-state index in [0.717, 1.165) is 37.5 Å². The number of hydrogen-bond acceptors (Lipinski definition) is 3. The van der Waals surface area contributed by atoms with Gasteiger partial charge in [-0.15, -0.1) is 0 Å². The van der Waals surface area contributed by atoms with Gasteiger partial charge in [-0.1, -0.05) is 6.92 Å². The number of halogens is 3. The van der Waals surface area contributed by atoms with E-state index < -0.39 is 17.6 Å². The standard InChI is InChI=1S/C14H18F3N3O/c1-2-13(5-6-13)8-19-12(21)10-7-9(14(15,16)17)3-4-11(10)20-18/h3-4,7,20H,2,5-6,8,18H2,1H3,(H,19,21). The summed E-state index contributed by atoms with van der Waals surface area (Å²) in [6.45, 7) is 2.51. The van der Waals surface area contributed by atoms with Crippen LogP contribution in [0.4, 0.5) is 18.9 Å². The number of hydrazine groups is 1. The van der Waals surface area contributed by atoms with Gasteiger partial charge in [-0.3, -0.25) is 10.6 Å². The van der Waals surface area contributed by atoms with Gasteiger partial charge in [0.1, 0.15) is 0 Å². The summed E-state index contributed by atoms with van der Waals surface area (Å²) in [7, 11) is 0. The summed E-state index contributed by atoms with van der Waals surface area (Å²) < 4.78 is 38.2. The fraction of sp³-hybridized carbons (Fsp3) is 0.500. The van der Waals surface area contributed by atoms with E-state index in [1.807, 2.05) is 6.92 Å². The van der Waals surface area contributed by atoms with Crippen LogP contribution in [-0.2, 0) is 6.18 Å². The van der Waals surface area contributed by atoms with Crippen LogP contribution in [0.5, 0.6) is 0 Å². The molecule has 116 valence electrons. The molecular formula is C14H18F3N3O. The maximum absolute atomic E-state index is 12.7. The number of amides is 1. The molecule has 0 aromatic heterocycles. The minimum atomic E-state index is -4.50. The summed E-state index contributed by atoms with van der Waals surface area (Å²) in [5.41, 5.74) is 1.57. The molecule has 1 amide bonds. The lowest BCUT2D eigenvalue weighted by molar-refractivity contribution is -0.137. The lowest BCUT2D eigenvalue weighted by Gasteiger charge is -2.16. The fourth-order valence-electron chi connectivity index (χ4n) is 2.23. The highest BCUT2D eigenvalue weighted by atomic mass is 19.4. The molecule has 2 rings (SSSR count). The Morgan fingerprint density at radius 1 is 1.38 bits per heavy atom. The Bertz CT molecular complexity index is 539. The zero-order valence-electron chi connectivity index (χ0n) is 11.7. The van der Waals surface area contributed by atoms with Gasteiger partial charge >= 0.3 is 6.18 Å². The third-order valence-corrected chi connectivity index (χ3v) is 4.08. The zero-order valence-corrected chi connectivity index (χ0v) is 11.7. The number of hydrogen-bond donors (Lipinski definition) is 3. The highest BCUT2D eigenvalue weighted by Gasteiger charge is 2.40. The number of nitrogens with two attached hydrogens (primary N) is 1. The molecule has 4 N–H and O–H groups in total. The molecule has 0 radical (unpaired) electrons. The van der Waals surface area contributed by atoms with E-state index in [0.29, 0.717) is 6.54 Å². The summed E-state index contributed by atoms with van der Waals surface area (Å²) in [6.07, 6.45) is -1.48. The molecule has 0 aliphatic heterocycles. The van der Waals surface area contributed by atoms with Gasteiger partial charge in [0.05, 0.1) is 16.8 Å². The minimum absolute atomic E-state index is 0.0979. The topological polar surface area (TPSA) is 67.2 Å². The molecule has 0 unspecified atom stereocenters. The molecule has 1 aliphatic rings. The van der Waals surface area contributed by atoms with Gasteiger partial charge < -0.3 is 10.7 Å².